The Morgan fingerprint density at radius 1 is 0.520 bits per heavy atom. The van der Waals surface area contributed by atoms with Gasteiger partial charge in [0.1, 0.15) is 36.3 Å². The Hall–Kier alpha value is -7.33. The van der Waals surface area contributed by atoms with E-state index >= 15 is 0 Å². The van der Waals surface area contributed by atoms with Crippen molar-refractivity contribution in [2.45, 2.75) is 160 Å². The highest BCUT2D eigenvalue weighted by molar-refractivity contribution is 5.98. The maximum absolute atomic E-state index is 14.1. The molecule has 0 aliphatic heterocycles. The fourth-order valence-electron chi connectivity index (χ4n) is 7.73. The van der Waals surface area contributed by atoms with Crippen molar-refractivity contribution in [3.8, 4) is 0 Å². The smallest absolute Gasteiger partial charge is 0.305 e. The molecule has 9 atom stereocenters. The van der Waals surface area contributed by atoms with Crippen molar-refractivity contribution < 1.29 is 57.8 Å². The van der Waals surface area contributed by atoms with Crippen LogP contribution in [0.3, 0.4) is 0 Å². The number of aliphatic imine (C=N–C) groups is 2. The summed E-state index contributed by atoms with van der Waals surface area (Å²) in [4.78, 5) is 152. The van der Waals surface area contributed by atoms with Gasteiger partial charge in [0.05, 0.1) is 32.1 Å². The summed E-state index contributed by atoms with van der Waals surface area (Å²) < 4.78 is 0. The van der Waals surface area contributed by atoms with Gasteiger partial charge < -0.3 is 87.4 Å². The molecule has 0 saturated heterocycles. The van der Waals surface area contributed by atoms with Crippen LogP contribution in [0.5, 0.6) is 0 Å². The van der Waals surface area contributed by atoms with Gasteiger partial charge in [0.2, 0.25) is 59.1 Å². The van der Waals surface area contributed by atoms with Crippen LogP contribution in [0.15, 0.2) is 9.98 Å². The van der Waals surface area contributed by atoms with E-state index in [1.165, 1.54) is 6.92 Å². The summed E-state index contributed by atoms with van der Waals surface area (Å²) in [7, 11) is 0. The SMILES string of the molecule is CC[C@H](C)[C@H](NC(=O)[C@H](CCCN=C(N)N)NC(=O)[C@H](CC(=O)O)NC(=O)[C@@H](NC(=O)[C@H](CCCN=C(N)N)NC(=O)CNC(=O)CNC(=O)[C@H](CC1CCCCC1)NC(=O)[C@H](C)N)[C@@H](C)CC)C(=O)NCC(N)=O. The molecule has 1 saturated carbocycles. The fraction of sp³-hybridized carbons (Fsp3) is 0.717. The van der Waals surface area contributed by atoms with Gasteiger partial charge in [-0.2, -0.15) is 0 Å². The standard InChI is InChI=1S/C46H83N17O12/c1-6-24(3)36(43(74)56-21-32(48)64)62-41(72)29(16-12-18-54-46(51)52)59-42(73)31(20-35(67)68)61-44(75)37(25(4)7-2)63-40(71)28(15-11-17-53-45(49)50)58-34(66)23-55-33(65)22-57-39(70)30(60-38(69)26(5)47)19-27-13-9-8-10-14-27/h24-31,36-37H,6-23,47H2,1-5H3,(H2,48,64)(H,55,65)(H,56,74)(H,57,70)(H,58,66)(H,59,73)(H,60,69)(H,61,75)(H,62,72)(H,63,71)(H,67,68)(H4,49,50,53)(H4,51,52,54)/t24-,25-,26-,28-,29-,30-,31-,36-,37-/m0/s1. The average Bonchev–Trinajstić information content (AvgIpc) is 3.35. The number of guanidine groups is 2. The van der Waals surface area contributed by atoms with Gasteiger partial charge in [0, 0.05) is 13.1 Å². The maximum atomic E-state index is 14.1. The Morgan fingerprint density at radius 2 is 0.973 bits per heavy atom. The molecular weight excluding hydrogens is 983 g/mol. The van der Waals surface area contributed by atoms with Crippen LogP contribution in [0.25, 0.3) is 0 Å². The molecule has 22 N–H and O–H groups in total. The fourth-order valence-corrected chi connectivity index (χ4v) is 7.73. The van der Waals surface area contributed by atoms with Gasteiger partial charge in [0.25, 0.3) is 0 Å². The zero-order valence-electron chi connectivity index (χ0n) is 43.8. The van der Waals surface area contributed by atoms with Crippen LogP contribution >= 0.6 is 0 Å². The molecule has 29 heteroatoms. The molecule has 0 radical (unpaired) electrons. The number of primary amides is 1. The number of nitrogens with zero attached hydrogens (tertiary/aromatic N) is 2. The van der Waals surface area contributed by atoms with E-state index in [1.807, 2.05) is 0 Å². The Bertz CT molecular complexity index is 2010. The number of hydrogen-bond acceptors (Lipinski definition) is 14. The van der Waals surface area contributed by atoms with Crippen molar-refractivity contribution >= 4 is 77.0 Å². The topological polar surface area (TPSA) is 497 Å². The molecule has 0 aromatic rings. The molecule has 75 heavy (non-hydrogen) atoms. The number of carbonyl (C=O) groups excluding carboxylic acids is 10. The first-order chi connectivity index (χ1) is 35.3. The van der Waals surface area contributed by atoms with Crippen LogP contribution in [0, 0.1) is 17.8 Å². The number of rotatable bonds is 35. The number of carboxylic acid groups (broad SMARTS) is 1. The molecule has 10 amide bonds. The van der Waals surface area contributed by atoms with E-state index in [1.54, 1.807) is 27.7 Å². The highest BCUT2D eigenvalue weighted by Gasteiger charge is 2.36. The van der Waals surface area contributed by atoms with Crippen molar-refractivity contribution in [3.05, 3.63) is 0 Å². The Kier molecular flexibility index (Phi) is 30.6. The first kappa shape index (κ1) is 65.7. The lowest BCUT2D eigenvalue weighted by atomic mass is 9.84. The van der Waals surface area contributed by atoms with E-state index in [0.717, 1.165) is 32.1 Å². The third kappa shape index (κ3) is 27.0. The van der Waals surface area contributed by atoms with Gasteiger partial charge in [-0.15, -0.1) is 0 Å². The van der Waals surface area contributed by atoms with E-state index in [2.05, 4.69) is 57.8 Å². The molecule has 29 nitrogen and oxygen atoms in total. The van der Waals surface area contributed by atoms with E-state index in [9.17, 15) is 57.8 Å². The minimum absolute atomic E-state index is 0.00479. The minimum Gasteiger partial charge on any atom is -0.481 e. The second kappa shape index (κ2) is 35.0. The highest BCUT2D eigenvalue weighted by atomic mass is 16.4. The summed E-state index contributed by atoms with van der Waals surface area (Å²) in [5.41, 5.74) is 32.7. The van der Waals surface area contributed by atoms with E-state index in [4.69, 9.17) is 34.4 Å². The van der Waals surface area contributed by atoms with Crippen LogP contribution in [0.2, 0.25) is 0 Å². The molecule has 1 fully saturated rings. The molecule has 424 valence electrons. The number of nitrogens with two attached hydrogens (primary N) is 6. The minimum atomic E-state index is -1.84. The molecular formula is C46H83N17O12. The summed E-state index contributed by atoms with van der Waals surface area (Å²) in [5, 5.41) is 32.1. The maximum Gasteiger partial charge on any atom is 0.305 e. The first-order valence-electron chi connectivity index (χ1n) is 25.3. The van der Waals surface area contributed by atoms with Gasteiger partial charge in [-0.05, 0) is 56.8 Å². The molecule has 0 aromatic heterocycles. The first-order valence-corrected chi connectivity index (χ1v) is 25.3. The van der Waals surface area contributed by atoms with Crippen LogP contribution < -0.4 is 82.3 Å². The summed E-state index contributed by atoms with van der Waals surface area (Å²) in [6.07, 6.45) is 4.88. The Morgan fingerprint density at radius 3 is 1.45 bits per heavy atom. The monoisotopic (exact) mass is 1070 g/mol. The number of hydrogen-bond donors (Lipinski definition) is 16. The van der Waals surface area contributed by atoms with Crippen molar-refractivity contribution in [1.82, 2.24) is 47.9 Å². The predicted molar refractivity (Wildman–Crippen MR) is 276 cm³/mol. The van der Waals surface area contributed by atoms with E-state index in [0.29, 0.717) is 12.8 Å². The number of carboxylic acids is 1. The van der Waals surface area contributed by atoms with Crippen molar-refractivity contribution in [3.63, 3.8) is 0 Å². The summed E-state index contributed by atoms with van der Waals surface area (Å²) in [6.45, 7) is 6.46. The van der Waals surface area contributed by atoms with Crippen LogP contribution in [0.4, 0.5) is 0 Å². The van der Waals surface area contributed by atoms with Gasteiger partial charge in [-0.3, -0.25) is 62.7 Å². The van der Waals surface area contributed by atoms with E-state index < -0.39 is 145 Å². The lowest BCUT2D eigenvalue weighted by Crippen LogP contribution is -2.61. The second-order valence-electron chi connectivity index (χ2n) is 18.7. The van der Waals surface area contributed by atoms with Crippen molar-refractivity contribution in [2.24, 2.45) is 62.1 Å². The van der Waals surface area contributed by atoms with Gasteiger partial charge in [-0.25, -0.2) is 0 Å². The number of carbonyl (C=O) groups is 11. The summed E-state index contributed by atoms with van der Waals surface area (Å²) >= 11 is 0. The molecule has 1 rings (SSSR count). The highest BCUT2D eigenvalue weighted by Crippen LogP contribution is 2.27. The number of aliphatic carboxylic acids is 1. The summed E-state index contributed by atoms with van der Waals surface area (Å²) in [6, 6.07) is -9.13. The zero-order valence-corrected chi connectivity index (χ0v) is 43.8. The van der Waals surface area contributed by atoms with Gasteiger partial charge in [-0.1, -0.05) is 72.6 Å². The molecule has 0 aromatic carbocycles. The predicted octanol–water partition coefficient (Wildman–Crippen LogP) is -5.28. The lowest BCUT2D eigenvalue weighted by molar-refractivity contribution is -0.142. The largest absolute Gasteiger partial charge is 0.481 e. The van der Waals surface area contributed by atoms with Crippen LogP contribution in [0.1, 0.15) is 118 Å². The number of nitrogens with one attached hydrogen (secondary N) is 9. The number of amides is 10. The lowest BCUT2D eigenvalue weighted by Gasteiger charge is -2.29. The third-order valence-corrected chi connectivity index (χ3v) is 12.4. The Labute approximate surface area is 437 Å². The average molecular weight is 1070 g/mol. The normalized spacial score (nSPS) is 15.9. The van der Waals surface area contributed by atoms with Crippen molar-refractivity contribution in [1.29, 1.82) is 0 Å². The molecule has 0 bridgehead atoms. The van der Waals surface area contributed by atoms with E-state index in [-0.39, 0.29) is 63.0 Å². The molecule has 1 aliphatic rings. The molecule has 1 aliphatic carbocycles. The zero-order chi connectivity index (χ0) is 56.8. The molecule has 0 unspecified atom stereocenters. The summed E-state index contributed by atoms with van der Waals surface area (Å²) in [5.74, 6) is -11.2. The van der Waals surface area contributed by atoms with Crippen LogP contribution in [-0.4, -0.2) is 157 Å². The molecule has 0 heterocycles. The second-order valence-corrected chi connectivity index (χ2v) is 18.7. The van der Waals surface area contributed by atoms with Gasteiger partial charge in [0.15, 0.2) is 11.9 Å². The van der Waals surface area contributed by atoms with Crippen LogP contribution in [-0.2, 0) is 52.7 Å². The molecule has 0 spiro atoms. The Balaban J connectivity index is 3.30. The van der Waals surface area contributed by atoms with Crippen molar-refractivity contribution in [2.75, 3.05) is 32.7 Å². The quantitative estimate of drug-likeness (QED) is 0.0160. The third-order valence-electron chi connectivity index (χ3n) is 12.4. The van der Waals surface area contributed by atoms with Gasteiger partial charge >= 0.3 is 5.97 Å².